The lowest BCUT2D eigenvalue weighted by atomic mass is 9.79. The van der Waals surface area contributed by atoms with E-state index in [4.69, 9.17) is 4.42 Å². The van der Waals surface area contributed by atoms with Crippen LogP contribution in [0, 0.1) is 5.41 Å². The fourth-order valence-electron chi connectivity index (χ4n) is 6.00. The molecule has 1 aromatic carbocycles. The van der Waals surface area contributed by atoms with Crippen LogP contribution in [-0.2, 0) is 4.79 Å². The van der Waals surface area contributed by atoms with Crippen LogP contribution in [0.15, 0.2) is 28.7 Å². The van der Waals surface area contributed by atoms with Crippen LogP contribution in [-0.4, -0.2) is 82.2 Å². The molecule has 3 heterocycles. The molecular weight excluding hydrogens is 446 g/mol. The molecule has 2 N–H and O–H groups in total. The molecule has 2 saturated heterocycles. The van der Waals surface area contributed by atoms with Crippen molar-refractivity contribution in [2.75, 3.05) is 31.1 Å². The number of aromatic nitrogens is 1. The summed E-state index contributed by atoms with van der Waals surface area (Å²) >= 11 is 0. The van der Waals surface area contributed by atoms with Gasteiger partial charge in [-0.05, 0) is 50.7 Å². The van der Waals surface area contributed by atoms with Gasteiger partial charge in [-0.3, -0.25) is 9.69 Å². The van der Waals surface area contributed by atoms with Crippen molar-refractivity contribution in [1.29, 1.82) is 0 Å². The fraction of sp³-hybridized carbons (Fsp3) is 0.654. The summed E-state index contributed by atoms with van der Waals surface area (Å²) in [4.78, 5) is 35.7. The van der Waals surface area contributed by atoms with Gasteiger partial charge in [-0.2, -0.15) is 4.98 Å². The molecule has 2 aliphatic heterocycles. The number of hydrogen-bond donors (Lipinski definition) is 2. The lowest BCUT2D eigenvalue weighted by Gasteiger charge is -2.53. The Morgan fingerprint density at radius 1 is 1.20 bits per heavy atom. The number of piperidine rings is 1. The van der Waals surface area contributed by atoms with E-state index in [9.17, 15) is 14.7 Å². The van der Waals surface area contributed by atoms with Crippen LogP contribution in [0.3, 0.4) is 0 Å². The van der Waals surface area contributed by atoms with Crippen LogP contribution >= 0.6 is 0 Å². The van der Waals surface area contributed by atoms with Gasteiger partial charge in [0, 0.05) is 38.3 Å². The minimum Gasteiger partial charge on any atom is -0.465 e. The van der Waals surface area contributed by atoms with E-state index in [-0.39, 0.29) is 35.5 Å². The standard InChI is InChI=1S/C26H39N5O4/c1-17-16-31(25(33)34)22(26(3,4)5)18(2)29(17)15-13-27-23(32)20-11-8-9-14-30(20)24-28-19-10-6-7-12-21(19)35-24/h6-7,10,12,17-18,20,22H,8-9,11,13-16H2,1-5H3,(H,27,32)(H,33,34)/t17?,18?,20-,22?/m0/s1. The summed E-state index contributed by atoms with van der Waals surface area (Å²) in [5.41, 5.74) is 1.33. The quantitative estimate of drug-likeness (QED) is 0.664. The van der Waals surface area contributed by atoms with Crippen molar-refractivity contribution in [1.82, 2.24) is 20.1 Å². The molecule has 192 valence electrons. The minimum atomic E-state index is -0.867. The highest BCUT2D eigenvalue weighted by atomic mass is 16.4. The largest absolute Gasteiger partial charge is 0.465 e. The van der Waals surface area contributed by atoms with Gasteiger partial charge >= 0.3 is 6.09 Å². The number of nitrogens with one attached hydrogen (secondary N) is 1. The lowest BCUT2D eigenvalue weighted by molar-refractivity contribution is -0.123. The van der Waals surface area contributed by atoms with Gasteiger partial charge in [-0.15, -0.1) is 0 Å². The molecule has 0 saturated carbocycles. The zero-order valence-corrected chi connectivity index (χ0v) is 21.5. The Kier molecular flexibility index (Phi) is 7.26. The SMILES string of the molecule is CC1CN(C(=O)O)C(C(C)(C)C)C(C)N1CCNC(=O)[C@@H]1CCCCN1c1nc2ccccc2o1. The number of amides is 2. The molecule has 2 aliphatic rings. The molecule has 2 fully saturated rings. The Labute approximate surface area is 207 Å². The smallest absolute Gasteiger partial charge is 0.407 e. The van der Waals surface area contributed by atoms with Crippen LogP contribution in [0.2, 0.25) is 0 Å². The molecule has 0 bridgehead atoms. The van der Waals surface area contributed by atoms with Crippen LogP contribution in [0.4, 0.5) is 10.8 Å². The lowest BCUT2D eigenvalue weighted by Crippen LogP contribution is -2.67. The first-order chi connectivity index (χ1) is 16.6. The number of benzene rings is 1. The highest BCUT2D eigenvalue weighted by Gasteiger charge is 2.45. The van der Waals surface area contributed by atoms with Crippen molar-refractivity contribution >= 4 is 29.1 Å². The second kappa shape index (κ2) is 10.0. The molecule has 35 heavy (non-hydrogen) atoms. The Morgan fingerprint density at radius 2 is 1.94 bits per heavy atom. The van der Waals surface area contributed by atoms with E-state index < -0.39 is 6.09 Å². The highest BCUT2D eigenvalue weighted by Crippen LogP contribution is 2.34. The number of carbonyl (C=O) groups excluding carboxylic acids is 1. The summed E-state index contributed by atoms with van der Waals surface area (Å²) in [7, 11) is 0. The highest BCUT2D eigenvalue weighted by molar-refractivity contribution is 5.85. The van der Waals surface area contributed by atoms with Gasteiger partial charge in [0.25, 0.3) is 6.01 Å². The van der Waals surface area contributed by atoms with Gasteiger partial charge in [-0.25, -0.2) is 4.79 Å². The third kappa shape index (κ3) is 5.24. The number of carboxylic acid groups (broad SMARTS) is 1. The van der Waals surface area contributed by atoms with Crippen LogP contribution in [0.1, 0.15) is 53.9 Å². The van der Waals surface area contributed by atoms with Gasteiger partial charge < -0.3 is 24.6 Å². The van der Waals surface area contributed by atoms with E-state index in [1.807, 2.05) is 29.2 Å². The third-order valence-corrected chi connectivity index (χ3v) is 7.48. The van der Waals surface area contributed by atoms with Crippen molar-refractivity contribution in [2.24, 2.45) is 5.41 Å². The summed E-state index contributed by atoms with van der Waals surface area (Å²) in [6.45, 7) is 12.8. The number of rotatable bonds is 5. The van der Waals surface area contributed by atoms with Crippen molar-refractivity contribution in [3.05, 3.63) is 24.3 Å². The third-order valence-electron chi connectivity index (χ3n) is 7.48. The minimum absolute atomic E-state index is 0.0104. The Hall–Kier alpha value is -2.81. The van der Waals surface area contributed by atoms with Gasteiger partial charge in [-0.1, -0.05) is 32.9 Å². The van der Waals surface area contributed by atoms with Crippen molar-refractivity contribution in [3.8, 4) is 0 Å². The van der Waals surface area contributed by atoms with Gasteiger partial charge in [0.2, 0.25) is 5.91 Å². The first kappa shape index (κ1) is 25.3. The van der Waals surface area contributed by atoms with Crippen molar-refractivity contribution < 1.29 is 19.1 Å². The van der Waals surface area contributed by atoms with Crippen LogP contribution < -0.4 is 10.2 Å². The summed E-state index contributed by atoms with van der Waals surface area (Å²) in [6.07, 6.45) is 1.89. The molecule has 9 nitrogen and oxygen atoms in total. The molecule has 4 atom stereocenters. The summed E-state index contributed by atoms with van der Waals surface area (Å²) in [5, 5.41) is 12.9. The molecule has 3 unspecified atom stereocenters. The molecule has 1 aromatic heterocycles. The molecule has 0 aliphatic carbocycles. The maximum Gasteiger partial charge on any atom is 0.407 e. The average molecular weight is 486 g/mol. The Bertz CT molecular complexity index is 1010. The molecular formula is C26H39N5O4. The Morgan fingerprint density at radius 3 is 2.63 bits per heavy atom. The van der Waals surface area contributed by atoms with Crippen molar-refractivity contribution in [2.45, 2.75) is 78.0 Å². The second-order valence-corrected chi connectivity index (χ2v) is 11.0. The first-order valence-corrected chi connectivity index (χ1v) is 12.7. The monoisotopic (exact) mass is 485 g/mol. The normalized spacial score (nSPS) is 26.2. The number of fused-ring (bicyclic) bond motifs is 1. The average Bonchev–Trinajstić information content (AvgIpc) is 3.24. The molecule has 0 radical (unpaired) electrons. The van der Waals surface area contributed by atoms with E-state index in [2.05, 4.69) is 49.8 Å². The second-order valence-electron chi connectivity index (χ2n) is 11.0. The van der Waals surface area contributed by atoms with Crippen LogP contribution in [0.25, 0.3) is 11.1 Å². The summed E-state index contributed by atoms with van der Waals surface area (Å²) in [5.74, 6) is -0.0104. The number of hydrogen-bond acceptors (Lipinski definition) is 6. The number of para-hydroxylation sites is 2. The topological polar surface area (TPSA) is 102 Å². The van der Waals surface area contributed by atoms with E-state index in [0.29, 0.717) is 25.6 Å². The van der Waals surface area contributed by atoms with Gasteiger partial charge in [0.1, 0.15) is 11.6 Å². The number of anilines is 1. The van der Waals surface area contributed by atoms with Crippen molar-refractivity contribution in [3.63, 3.8) is 0 Å². The summed E-state index contributed by atoms with van der Waals surface area (Å²) in [6, 6.07) is 7.84. The van der Waals surface area contributed by atoms with Gasteiger partial charge in [0.15, 0.2) is 5.58 Å². The summed E-state index contributed by atoms with van der Waals surface area (Å²) < 4.78 is 5.96. The molecule has 9 heteroatoms. The van der Waals surface area contributed by atoms with E-state index >= 15 is 0 Å². The number of nitrogens with zero attached hydrogens (tertiary/aromatic N) is 4. The molecule has 4 rings (SSSR count). The zero-order valence-electron chi connectivity index (χ0n) is 21.5. The fourth-order valence-corrected chi connectivity index (χ4v) is 6.00. The molecule has 0 spiro atoms. The predicted octanol–water partition coefficient (Wildman–Crippen LogP) is 3.79. The van der Waals surface area contributed by atoms with Crippen LogP contribution in [0.5, 0.6) is 0 Å². The van der Waals surface area contributed by atoms with E-state index in [0.717, 1.165) is 36.9 Å². The predicted molar refractivity (Wildman–Crippen MR) is 136 cm³/mol. The van der Waals surface area contributed by atoms with E-state index in [1.165, 1.54) is 0 Å². The number of oxazole rings is 1. The number of carbonyl (C=O) groups is 2. The van der Waals surface area contributed by atoms with E-state index in [1.54, 1.807) is 4.90 Å². The van der Waals surface area contributed by atoms with Gasteiger partial charge in [0.05, 0.1) is 6.04 Å². The Balaban J connectivity index is 1.40. The maximum atomic E-state index is 13.2. The zero-order chi connectivity index (χ0) is 25.3. The number of piperazine rings is 1. The first-order valence-electron chi connectivity index (χ1n) is 12.7. The maximum absolute atomic E-state index is 13.2. The molecule has 2 aromatic rings. The molecule has 2 amide bonds.